The molecule has 1 amide bonds. The van der Waals surface area contributed by atoms with Crippen molar-refractivity contribution in [3.8, 4) is 11.4 Å². The van der Waals surface area contributed by atoms with Gasteiger partial charge in [-0.3, -0.25) is 4.79 Å². The van der Waals surface area contributed by atoms with E-state index in [2.05, 4.69) is 15.3 Å². The molecule has 4 rings (SSSR count). The van der Waals surface area contributed by atoms with Crippen LogP contribution in [0.3, 0.4) is 0 Å². The summed E-state index contributed by atoms with van der Waals surface area (Å²) in [6.07, 6.45) is 2.19. The summed E-state index contributed by atoms with van der Waals surface area (Å²) >= 11 is 0. The van der Waals surface area contributed by atoms with Crippen molar-refractivity contribution in [2.75, 3.05) is 0 Å². The Kier molecular flexibility index (Phi) is 2.74. The summed E-state index contributed by atoms with van der Waals surface area (Å²) in [4.78, 5) is 19.9. The minimum Gasteiger partial charge on any atom is -0.349 e. The van der Waals surface area contributed by atoms with E-state index in [-0.39, 0.29) is 5.91 Å². The fourth-order valence-electron chi connectivity index (χ4n) is 2.38. The highest BCUT2D eigenvalue weighted by Crippen LogP contribution is 2.22. The Morgan fingerprint density at radius 3 is 2.71 bits per heavy atom. The van der Waals surface area contributed by atoms with Gasteiger partial charge in [-0.15, -0.1) is 0 Å². The van der Waals surface area contributed by atoms with Crippen LogP contribution in [0.2, 0.25) is 0 Å². The molecule has 1 fully saturated rings. The standard InChI is InChI=1S/C17H15N3O/c21-17(18-13-7-8-13)12-6-9-14-15(10-12)20-16(19-14)11-4-2-1-3-5-11/h1-6,9-10,13H,7-8H2,(H,18,21)(H,19,20). The van der Waals surface area contributed by atoms with E-state index in [1.54, 1.807) is 0 Å². The first kappa shape index (κ1) is 12.1. The Hall–Kier alpha value is -2.62. The number of H-pyrrole nitrogens is 1. The highest BCUT2D eigenvalue weighted by atomic mass is 16.1. The van der Waals surface area contributed by atoms with Gasteiger partial charge in [-0.2, -0.15) is 0 Å². The lowest BCUT2D eigenvalue weighted by molar-refractivity contribution is 0.0951. The molecule has 2 aromatic carbocycles. The molecule has 1 saturated carbocycles. The van der Waals surface area contributed by atoms with Crippen LogP contribution >= 0.6 is 0 Å². The van der Waals surface area contributed by atoms with Gasteiger partial charge in [0.05, 0.1) is 11.0 Å². The molecule has 1 aromatic heterocycles. The fraction of sp³-hybridized carbons (Fsp3) is 0.176. The quantitative estimate of drug-likeness (QED) is 0.772. The summed E-state index contributed by atoms with van der Waals surface area (Å²) in [6.45, 7) is 0. The van der Waals surface area contributed by atoms with Crippen molar-refractivity contribution in [2.45, 2.75) is 18.9 Å². The summed E-state index contributed by atoms with van der Waals surface area (Å²) in [7, 11) is 0. The Morgan fingerprint density at radius 2 is 1.95 bits per heavy atom. The molecule has 0 aliphatic heterocycles. The van der Waals surface area contributed by atoms with Crippen LogP contribution in [-0.2, 0) is 0 Å². The van der Waals surface area contributed by atoms with E-state index in [4.69, 9.17) is 0 Å². The molecule has 3 aromatic rings. The van der Waals surface area contributed by atoms with Gasteiger partial charge in [0.15, 0.2) is 0 Å². The summed E-state index contributed by atoms with van der Waals surface area (Å²) in [5.74, 6) is 0.820. The highest BCUT2D eigenvalue weighted by Gasteiger charge is 2.23. The molecule has 0 unspecified atom stereocenters. The number of nitrogens with one attached hydrogen (secondary N) is 2. The number of rotatable bonds is 3. The van der Waals surface area contributed by atoms with Crippen LogP contribution in [0.1, 0.15) is 23.2 Å². The third-order valence-electron chi connectivity index (χ3n) is 3.70. The van der Waals surface area contributed by atoms with Gasteiger partial charge in [0.1, 0.15) is 5.82 Å². The molecule has 2 N–H and O–H groups in total. The molecule has 21 heavy (non-hydrogen) atoms. The van der Waals surface area contributed by atoms with Crippen molar-refractivity contribution < 1.29 is 4.79 Å². The largest absolute Gasteiger partial charge is 0.349 e. The minimum atomic E-state index is -0.00439. The third kappa shape index (κ3) is 2.40. The average molecular weight is 277 g/mol. The first-order valence-electron chi connectivity index (χ1n) is 7.16. The smallest absolute Gasteiger partial charge is 0.251 e. The molecule has 0 radical (unpaired) electrons. The highest BCUT2D eigenvalue weighted by molar-refractivity contribution is 5.98. The van der Waals surface area contributed by atoms with Gasteiger partial charge >= 0.3 is 0 Å². The predicted octanol–water partition coefficient (Wildman–Crippen LogP) is 3.12. The monoisotopic (exact) mass is 277 g/mol. The SMILES string of the molecule is O=C(NC1CC1)c1ccc2nc(-c3ccccc3)[nH]c2c1. The Morgan fingerprint density at radius 1 is 1.14 bits per heavy atom. The number of imidazole rings is 1. The van der Waals surface area contributed by atoms with Gasteiger partial charge < -0.3 is 10.3 Å². The second-order valence-corrected chi connectivity index (χ2v) is 5.43. The molecular formula is C17H15N3O. The van der Waals surface area contributed by atoms with Crippen molar-refractivity contribution in [1.29, 1.82) is 0 Å². The van der Waals surface area contributed by atoms with Crippen molar-refractivity contribution >= 4 is 16.9 Å². The van der Waals surface area contributed by atoms with Crippen molar-refractivity contribution in [3.05, 3.63) is 54.1 Å². The van der Waals surface area contributed by atoms with E-state index in [9.17, 15) is 4.79 Å². The van der Waals surface area contributed by atoms with E-state index >= 15 is 0 Å². The van der Waals surface area contributed by atoms with E-state index < -0.39 is 0 Å². The lowest BCUT2D eigenvalue weighted by Gasteiger charge is -2.02. The normalized spacial score (nSPS) is 14.3. The number of carbonyl (C=O) groups excluding carboxylic acids is 1. The molecule has 4 heteroatoms. The molecule has 1 heterocycles. The van der Waals surface area contributed by atoms with E-state index in [0.717, 1.165) is 35.3 Å². The number of benzene rings is 2. The minimum absolute atomic E-state index is 0.00439. The number of carbonyl (C=O) groups is 1. The van der Waals surface area contributed by atoms with Gasteiger partial charge in [0.25, 0.3) is 5.91 Å². The maximum Gasteiger partial charge on any atom is 0.251 e. The van der Waals surface area contributed by atoms with Crippen LogP contribution in [0.5, 0.6) is 0 Å². The van der Waals surface area contributed by atoms with Crippen molar-refractivity contribution in [1.82, 2.24) is 15.3 Å². The van der Waals surface area contributed by atoms with Gasteiger partial charge in [-0.1, -0.05) is 30.3 Å². The zero-order valence-corrected chi connectivity index (χ0v) is 11.5. The summed E-state index contributed by atoms with van der Waals surface area (Å²) in [5, 5.41) is 3.00. The van der Waals surface area contributed by atoms with E-state index in [1.165, 1.54) is 0 Å². The maximum atomic E-state index is 12.1. The Bertz CT molecular complexity index is 803. The topological polar surface area (TPSA) is 57.8 Å². The lowest BCUT2D eigenvalue weighted by atomic mass is 10.2. The van der Waals surface area contributed by atoms with Crippen LogP contribution in [-0.4, -0.2) is 21.9 Å². The maximum absolute atomic E-state index is 12.1. The molecule has 4 nitrogen and oxygen atoms in total. The number of hydrogen-bond donors (Lipinski definition) is 2. The van der Waals surface area contributed by atoms with Crippen LogP contribution in [0.4, 0.5) is 0 Å². The zero-order valence-electron chi connectivity index (χ0n) is 11.5. The Labute approximate surface area is 122 Å². The number of fused-ring (bicyclic) bond motifs is 1. The van der Waals surface area contributed by atoms with Gasteiger partial charge in [0.2, 0.25) is 0 Å². The summed E-state index contributed by atoms with van der Waals surface area (Å²) in [6, 6.07) is 15.9. The third-order valence-corrected chi connectivity index (χ3v) is 3.70. The second kappa shape index (κ2) is 4.74. The van der Waals surface area contributed by atoms with Crippen LogP contribution in [0.15, 0.2) is 48.5 Å². The first-order chi connectivity index (χ1) is 10.3. The van der Waals surface area contributed by atoms with Crippen molar-refractivity contribution in [2.24, 2.45) is 0 Å². The molecular weight excluding hydrogens is 262 g/mol. The van der Waals surface area contributed by atoms with Crippen LogP contribution in [0, 0.1) is 0 Å². The van der Waals surface area contributed by atoms with Crippen molar-refractivity contribution in [3.63, 3.8) is 0 Å². The molecule has 0 atom stereocenters. The molecule has 0 bridgehead atoms. The Balaban J connectivity index is 1.69. The second-order valence-electron chi connectivity index (χ2n) is 5.43. The summed E-state index contributed by atoms with van der Waals surface area (Å²) < 4.78 is 0. The molecule has 104 valence electrons. The van der Waals surface area contributed by atoms with E-state index in [0.29, 0.717) is 11.6 Å². The zero-order chi connectivity index (χ0) is 14.2. The lowest BCUT2D eigenvalue weighted by Crippen LogP contribution is -2.25. The number of nitrogens with zero attached hydrogens (tertiary/aromatic N) is 1. The van der Waals surface area contributed by atoms with Gasteiger partial charge in [0, 0.05) is 17.2 Å². The summed E-state index contributed by atoms with van der Waals surface area (Å²) in [5.41, 5.74) is 3.48. The predicted molar refractivity (Wildman–Crippen MR) is 82.0 cm³/mol. The van der Waals surface area contributed by atoms with Gasteiger partial charge in [-0.25, -0.2) is 4.98 Å². The number of amides is 1. The first-order valence-corrected chi connectivity index (χ1v) is 7.16. The number of aromatic amines is 1. The molecule has 0 spiro atoms. The van der Waals surface area contributed by atoms with Crippen LogP contribution in [0.25, 0.3) is 22.4 Å². The molecule has 1 aliphatic rings. The van der Waals surface area contributed by atoms with Gasteiger partial charge in [-0.05, 0) is 31.0 Å². The number of aromatic nitrogens is 2. The average Bonchev–Trinajstić information content (AvgIpc) is 3.23. The van der Waals surface area contributed by atoms with Crippen LogP contribution < -0.4 is 5.32 Å². The fourth-order valence-corrected chi connectivity index (χ4v) is 2.38. The molecule has 1 aliphatic carbocycles. The number of hydrogen-bond acceptors (Lipinski definition) is 2. The molecule has 0 saturated heterocycles. The van der Waals surface area contributed by atoms with E-state index in [1.807, 2.05) is 48.5 Å².